The molecular formula is C16H13NO3S2. The maximum Gasteiger partial charge on any atom is 0.203 e. The zero-order valence-corrected chi connectivity index (χ0v) is 13.9. The molecule has 2 aromatic heterocycles. The van der Waals surface area contributed by atoms with Crippen molar-refractivity contribution in [3.8, 4) is 33.8 Å². The molecule has 0 atom stereocenters. The summed E-state index contributed by atoms with van der Waals surface area (Å²) in [6, 6.07) is 8.04. The summed E-state index contributed by atoms with van der Waals surface area (Å²) in [5.41, 5.74) is 1.58. The maximum absolute atomic E-state index is 9.51. The summed E-state index contributed by atoms with van der Waals surface area (Å²) in [6.45, 7) is 0. The molecule has 0 spiro atoms. The molecule has 0 unspecified atom stereocenters. The van der Waals surface area contributed by atoms with Crippen LogP contribution in [-0.2, 0) is 0 Å². The van der Waals surface area contributed by atoms with Crippen LogP contribution in [0.1, 0.15) is 5.56 Å². The number of nitriles is 1. The molecule has 0 bridgehead atoms. The molecule has 0 aliphatic rings. The van der Waals surface area contributed by atoms with Crippen molar-refractivity contribution in [3.63, 3.8) is 0 Å². The molecular weight excluding hydrogens is 318 g/mol. The summed E-state index contributed by atoms with van der Waals surface area (Å²) in [5.74, 6) is 1.71. The summed E-state index contributed by atoms with van der Waals surface area (Å²) in [4.78, 5) is 0.920. The van der Waals surface area contributed by atoms with Gasteiger partial charge < -0.3 is 14.2 Å². The minimum atomic E-state index is 0.547. The first kappa shape index (κ1) is 14.7. The van der Waals surface area contributed by atoms with Crippen LogP contribution in [0.2, 0.25) is 0 Å². The van der Waals surface area contributed by atoms with Crippen LogP contribution in [0, 0.1) is 11.3 Å². The Kier molecular flexibility index (Phi) is 3.92. The zero-order chi connectivity index (χ0) is 15.7. The number of nitrogens with zero attached hydrogens (tertiary/aromatic N) is 1. The average Bonchev–Trinajstić information content (AvgIpc) is 3.13. The fraction of sp³-hybridized carbons (Fsp3) is 0.188. The minimum absolute atomic E-state index is 0.547. The first-order valence-electron chi connectivity index (χ1n) is 6.44. The van der Waals surface area contributed by atoms with E-state index in [0.29, 0.717) is 22.8 Å². The fourth-order valence-corrected chi connectivity index (χ4v) is 4.55. The first-order valence-corrected chi connectivity index (χ1v) is 8.13. The normalized spacial score (nSPS) is 10.5. The van der Waals surface area contributed by atoms with Gasteiger partial charge in [0, 0.05) is 10.9 Å². The number of methoxy groups -OCH3 is 3. The van der Waals surface area contributed by atoms with E-state index in [1.165, 1.54) is 0 Å². The molecule has 0 N–H and O–H groups in total. The highest BCUT2D eigenvalue weighted by molar-refractivity contribution is 7.39. The highest BCUT2D eigenvalue weighted by atomic mass is 32.2. The number of benzene rings is 1. The predicted molar refractivity (Wildman–Crippen MR) is 89.5 cm³/mol. The molecule has 6 heteroatoms. The van der Waals surface area contributed by atoms with Gasteiger partial charge in [0.05, 0.1) is 35.8 Å². The third kappa shape index (κ3) is 2.19. The Morgan fingerprint density at radius 1 is 1.05 bits per heavy atom. The summed E-state index contributed by atoms with van der Waals surface area (Å²) >= 11 is 3.24. The van der Waals surface area contributed by atoms with Crippen LogP contribution in [0.15, 0.2) is 23.6 Å². The van der Waals surface area contributed by atoms with Crippen LogP contribution >= 0.6 is 22.7 Å². The molecule has 0 amide bonds. The van der Waals surface area contributed by atoms with Crippen molar-refractivity contribution in [3.05, 3.63) is 29.1 Å². The van der Waals surface area contributed by atoms with E-state index in [1.54, 1.807) is 44.0 Å². The van der Waals surface area contributed by atoms with Crippen LogP contribution in [0.5, 0.6) is 17.2 Å². The molecule has 0 saturated heterocycles. The number of hydrogen-bond acceptors (Lipinski definition) is 6. The fourth-order valence-electron chi connectivity index (χ4n) is 2.35. The summed E-state index contributed by atoms with van der Waals surface area (Å²) in [5, 5.41) is 12.5. The molecule has 0 fully saturated rings. The highest BCUT2D eigenvalue weighted by Crippen LogP contribution is 2.46. The van der Waals surface area contributed by atoms with E-state index in [4.69, 9.17) is 14.2 Å². The number of fused-ring (bicyclic) bond motifs is 1. The van der Waals surface area contributed by atoms with Gasteiger partial charge >= 0.3 is 0 Å². The van der Waals surface area contributed by atoms with Gasteiger partial charge in [-0.05, 0) is 23.6 Å². The Hall–Kier alpha value is -2.23. The lowest BCUT2D eigenvalue weighted by Gasteiger charge is -2.13. The van der Waals surface area contributed by atoms with Crippen molar-refractivity contribution in [2.75, 3.05) is 21.3 Å². The quantitative estimate of drug-likeness (QED) is 0.705. The monoisotopic (exact) mass is 331 g/mol. The van der Waals surface area contributed by atoms with E-state index in [9.17, 15) is 5.26 Å². The van der Waals surface area contributed by atoms with Gasteiger partial charge in [-0.15, -0.1) is 22.7 Å². The van der Waals surface area contributed by atoms with Gasteiger partial charge in [-0.1, -0.05) is 0 Å². The molecule has 3 aromatic rings. The molecule has 3 rings (SSSR count). The van der Waals surface area contributed by atoms with E-state index in [-0.39, 0.29) is 0 Å². The second-order valence-corrected chi connectivity index (χ2v) is 6.65. The molecule has 0 radical (unpaired) electrons. The second-order valence-electron chi connectivity index (χ2n) is 4.45. The van der Waals surface area contributed by atoms with Gasteiger partial charge in [0.25, 0.3) is 0 Å². The van der Waals surface area contributed by atoms with Crippen LogP contribution in [0.4, 0.5) is 0 Å². The second kappa shape index (κ2) is 5.87. The number of ether oxygens (including phenoxy) is 3. The van der Waals surface area contributed by atoms with E-state index < -0.39 is 0 Å². The molecule has 4 nitrogen and oxygen atoms in total. The van der Waals surface area contributed by atoms with Crippen molar-refractivity contribution >= 4 is 32.1 Å². The molecule has 2 heterocycles. The van der Waals surface area contributed by atoms with Crippen molar-refractivity contribution < 1.29 is 14.2 Å². The third-order valence-electron chi connectivity index (χ3n) is 3.36. The number of rotatable bonds is 4. The van der Waals surface area contributed by atoms with E-state index in [2.05, 4.69) is 6.07 Å². The van der Waals surface area contributed by atoms with Crippen molar-refractivity contribution in [2.24, 2.45) is 0 Å². The van der Waals surface area contributed by atoms with Gasteiger partial charge in [-0.3, -0.25) is 0 Å². The summed E-state index contributed by atoms with van der Waals surface area (Å²) in [6.07, 6.45) is 0. The van der Waals surface area contributed by atoms with Crippen LogP contribution < -0.4 is 14.2 Å². The standard InChI is InChI=1S/C16H13NO3S2/c1-18-12-6-9(7-13(19-2)14(12)20-3)15-11(8-17)10-4-5-21-16(10)22-15/h4-7H,1-3H3. The van der Waals surface area contributed by atoms with E-state index in [1.807, 2.05) is 23.6 Å². The summed E-state index contributed by atoms with van der Waals surface area (Å²) in [7, 11) is 4.74. The lowest BCUT2D eigenvalue weighted by Crippen LogP contribution is -1.95. The topological polar surface area (TPSA) is 51.5 Å². The van der Waals surface area contributed by atoms with Crippen LogP contribution in [0.25, 0.3) is 19.8 Å². The van der Waals surface area contributed by atoms with Crippen LogP contribution in [-0.4, -0.2) is 21.3 Å². The van der Waals surface area contributed by atoms with Crippen LogP contribution in [0.3, 0.4) is 0 Å². The highest BCUT2D eigenvalue weighted by Gasteiger charge is 2.19. The van der Waals surface area contributed by atoms with Gasteiger partial charge in [0.15, 0.2) is 11.5 Å². The Bertz CT molecular complexity index is 848. The molecule has 0 aliphatic carbocycles. The minimum Gasteiger partial charge on any atom is -0.493 e. The lowest BCUT2D eigenvalue weighted by molar-refractivity contribution is 0.324. The molecule has 1 aromatic carbocycles. The van der Waals surface area contributed by atoms with Crippen molar-refractivity contribution in [2.45, 2.75) is 0 Å². The van der Waals surface area contributed by atoms with Gasteiger partial charge in [-0.2, -0.15) is 5.26 Å². The predicted octanol–water partition coefficient (Wildman–Crippen LogP) is 4.53. The van der Waals surface area contributed by atoms with Gasteiger partial charge in [-0.25, -0.2) is 0 Å². The number of hydrogen-bond donors (Lipinski definition) is 0. The van der Waals surface area contributed by atoms with Gasteiger partial charge in [0.1, 0.15) is 6.07 Å². The zero-order valence-electron chi connectivity index (χ0n) is 12.3. The Balaban J connectivity index is 2.26. The molecule has 0 saturated carbocycles. The number of thiophene rings is 2. The Morgan fingerprint density at radius 2 is 1.73 bits per heavy atom. The van der Waals surface area contributed by atoms with Crippen molar-refractivity contribution in [1.82, 2.24) is 0 Å². The van der Waals surface area contributed by atoms with E-state index >= 15 is 0 Å². The first-order chi connectivity index (χ1) is 10.7. The summed E-state index contributed by atoms with van der Waals surface area (Å²) < 4.78 is 17.3. The lowest BCUT2D eigenvalue weighted by atomic mass is 10.1. The smallest absolute Gasteiger partial charge is 0.203 e. The largest absolute Gasteiger partial charge is 0.493 e. The molecule has 22 heavy (non-hydrogen) atoms. The molecule has 112 valence electrons. The molecule has 0 aliphatic heterocycles. The Labute approximate surface area is 136 Å². The van der Waals surface area contributed by atoms with Crippen molar-refractivity contribution in [1.29, 1.82) is 5.26 Å². The average molecular weight is 331 g/mol. The maximum atomic E-state index is 9.51. The van der Waals surface area contributed by atoms with E-state index in [0.717, 1.165) is 19.8 Å². The third-order valence-corrected chi connectivity index (χ3v) is 5.65. The SMILES string of the molecule is COc1cc(-c2sc3sccc3c2C#N)cc(OC)c1OC. The van der Waals surface area contributed by atoms with Gasteiger partial charge in [0.2, 0.25) is 5.75 Å². The Morgan fingerprint density at radius 3 is 2.27 bits per heavy atom.